The first-order valence-electron chi connectivity index (χ1n) is 6.06. The zero-order chi connectivity index (χ0) is 13.8. The van der Waals surface area contributed by atoms with Crippen LogP contribution in [0.15, 0.2) is 36.4 Å². The van der Waals surface area contributed by atoms with Gasteiger partial charge in [0.15, 0.2) is 0 Å². The van der Waals surface area contributed by atoms with Gasteiger partial charge in [-0.05, 0) is 30.3 Å². The van der Waals surface area contributed by atoms with Crippen LogP contribution in [0.5, 0.6) is 0 Å². The summed E-state index contributed by atoms with van der Waals surface area (Å²) in [5, 5.41) is 3.65. The molecule has 2 aromatic carbocycles. The van der Waals surface area contributed by atoms with Gasteiger partial charge < -0.3 is 5.32 Å². The van der Waals surface area contributed by atoms with Crippen molar-refractivity contribution >= 4 is 11.6 Å². The van der Waals surface area contributed by atoms with Crippen molar-refractivity contribution in [3.05, 3.63) is 58.6 Å². The van der Waals surface area contributed by atoms with E-state index in [9.17, 15) is 8.78 Å². The third kappa shape index (κ3) is 3.31. The zero-order valence-corrected chi connectivity index (χ0v) is 11.3. The van der Waals surface area contributed by atoms with Gasteiger partial charge in [0.2, 0.25) is 0 Å². The lowest BCUT2D eigenvalue weighted by Crippen LogP contribution is -2.11. The lowest BCUT2D eigenvalue weighted by molar-refractivity contribution is 0.585. The molecular formula is C15H14ClF2N. The van der Waals surface area contributed by atoms with Crippen molar-refractivity contribution < 1.29 is 8.78 Å². The molecule has 0 spiro atoms. The van der Waals surface area contributed by atoms with Crippen LogP contribution >= 0.6 is 11.6 Å². The highest BCUT2D eigenvalue weighted by Gasteiger charge is 2.10. The maximum absolute atomic E-state index is 13.7. The third-order valence-electron chi connectivity index (χ3n) is 2.83. The maximum Gasteiger partial charge on any atom is 0.133 e. The van der Waals surface area contributed by atoms with Crippen LogP contribution in [-0.2, 0) is 6.54 Å². The van der Waals surface area contributed by atoms with Gasteiger partial charge in [-0.3, -0.25) is 0 Å². The van der Waals surface area contributed by atoms with Gasteiger partial charge in [0.25, 0.3) is 0 Å². The quantitative estimate of drug-likeness (QED) is 0.876. The molecule has 2 rings (SSSR count). The highest BCUT2D eigenvalue weighted by Crippen LogP contribution is 2.31. The molecule has 0 fully saturated rings. The summed E-state index contributed by atoms with van der Waals surface area (Å²) in [5.41, 5.74) is 1.90. The van der Waals surface area contributed by atoms with Gasteiger partial charge in [0.1, 0.15) is 11.6 Å². The van der Waals surface area contributed by atoms with E-state index in [0.717, 1.165) is 18.2 Å². The average molecular weight is 282 g/mol. The van der Waals surface area contributed by atoms with E-state index in [1.807, 2.05) is 13.0 Å². The highest BCUT2D eigenvalue weighted by molar-refractivity contribution is 6.33. The van der Waals surface area contributed by atoms with Gasteiger partial charge in [0, 0.05) is 28.8 Å². The molecule has 0 aromatic heterocycles. The van der Waals surface area contributed by atoms with Crippen molar-refractivity contribution in [1.29, 1.82) is 0 Å². The van der Waals surface area contributed by atoms with E-state index in [4.69, 9.17) is 11.6 Å². The highest BCUT2D eigenvalue weighted by atomic mass is 35.5. The van der Waals surface area contributed by atoms with Crippen molar-refractivity contribution in [3.63, 3.8) is 0 Å². The van der Waals surface area contributed by atoms with E-state index in [0.29, 0.717) is 22.7 Å². The molecule has 0 aliphatic rings. The molecule has 0 saturated carbocycles. The number of halogens is 3. The number of nitrogens with one attached hydrogen (secondary N) is 1. The maximum atomic E-state index is 13.7. The molecule has 100 valence electrons. The molecule has 1 nitrogen and oxygen atoms in total. The van der Waals surface area contributed by atoms with E-state index < -0.39 is 11.6 Å². The summed E-state index contributed by atoms with van der Waals surface area (Å²) in [6.45, 7) is 3.60. The zero-order valence-electron chi connectivity index (χ0n) is 10.5. The van der Waals surface area contributed by atoms with Crippen molar-refractivity contribution in [1.82, 2.24) is 5.32 Å². The predicted octanol–water partition coefficient (Wildman–Crippen LogP) is 4.39. The van der Waals surface area contributed by atoms with Crippen LogP contribution in [0.4, 0.5) is 8.78 Å². The third-order valence-corrected chi connectivity index (χ3v) is 3.15. The Morgan fingerprint density at radius 3 is 2.42 bits per heavy atom. The smallest absolute Gasteiger partial charge is 0.133 e. The summed E-state index contributed by atoms with van der Waals surface area (Å²) in [6.07, 6.45) is 0. The SMILES string of the molecule is CCNCc1ccc(-c2ccc(F)cc2F)c(Cl)c1. The van der Waals surface area contributed by atoms with Gasteiger partial charge >= 0.3 is 0 Å². The minimum absolute atomic E-state index is 0.307. The number of rotatable bonds is 4. The molecule has 2 aromatic rings. The number of hydrogen-bond acceptors (Lipinski definition) is 1. The largest absolute Gasteiger partial charge is 0.313 e. The fourth-order valence-corrected chi connectivity index (χ4v) is 2.17. The topological polar surface area (TPSA) is 12.0 Å². The summed E-state index contributed by atoms with van der Waals surface area (Å²) in [6, 6.07) is 8.91. The van der Waals surface area contributed by atoms with E-state index in [1.165, 1.54) is 12.1 Å². The first kappa shape index (κ1) is 14.0. The molecule has 0 saturated heterocycles. The van der Waals surface area contributed by atoms with E-state index in [2.05, 4.69) is 5.32 Å². The van der Waals surface area contributed by atoms with Gasteiger partial charge in [-0.15, -0.1) is 0 Å². The summed E-state index contributed by atoms with van der Waals surface area (Å²) >= 11 is 6.17. The summed E-state index contributed by atoms with van der Waals surface area (Å²) in [4.78, 5) is 0. The molecule has 0 aliphatic carbocycles. The Kier molecular flexibility index (Phi) is 4.51. The molecule has 0 heterocycles. The molecule has 0 amide bonds. The molecular weight excluding hydrogens is 268 g/mol. The van der Waals surface area contributed by atoms with Crippen LogP contribution in [0, 0.1) is 11.6 Å². The second kappa shape index (κ2) is 6.13. The van der Waals surface area contributed by atoms with E-state index >= 15 is 0 Å². The van der Waals surface area contributed by atoms with Gasteiger partial charge in [0.05, 0.1) is 0 Å². The number of benzene rings is 2. The molecule has 19 heavy (non-hydrogen) atoms. The van der Waals surface area contributed by atoms with Crippen molar-refractivity contribution in [2.75, 3.05) is 6.54 Å². The summed E-state index contributed by atoms with van der Waals surface area (Å²) in [5.74, 6) is -1.21. The first-order chi connectivity index (χ1) is 9.11. The van der Waals surface area contributed by atoms with Gasteiger partial charge in [-0.25, -0.2) is 8.78 Å². The first-order valence-corrected chi connectivity index (χ1v) is 6.44. The van der Waals surface area contributed by atoms with Crippen LogP contribution in [0.2, 0.25) is 5.02 Å². The molecule has 0 aliphatic heterocycles. The molecule has 1 N–H and O–H groups in total. The van der Waals surface area contributed by atoms with Crippen LogP contribution in [0.25, 0.3) is 11.1 Å². The molecule has 0 atom stereocenters. The van der Waals surface area contributed by atoms with Crippen LogP contribution in [-0.4, -0.2) is 6.54 Å². The molecule has 0 bridgehead atoms. The standard InChI is InChI=1S/C15H14ClF2N/c1-2-19-9-10-3-5-12(14(16)7-10)13-6-4-11(17)8-15(13)18/h3-8,19H,2,9H2,1H3. The normalized spacial score (nSPS) is 10.7. The lowest BCUT2D eigenvalue weighted by atomic mass is 10.0. The van der Waals surface area contributed by atoms with Crippen LogP contribution in [0.1, 0.15) is 12.5 Å². The lowest BCUT2D eigenvalue weighted by Gasteiger charge is -2.09. The average Bonchev–Trinajstić information content (AvgIpc) is 2.37. The van der Waals surface area contributed by atoms with Crippen molar-refractivity contribution in [2.24, 2.45) is 0 Å². The fourth-order valence-electron chi connectivity index (χ4n) is 1.86. The predicted molar refractivity (Wildman–Crippen MR) is 74.2 cm³/mol. The fraction of sp³-hybridized carbons (Fsp3) is 0.200. The summed E-state index contributed by atoms with van der Waals surface area (Å²) < 4.78 is 26.6. The van der Waals surface area contributed by atoms with E-state index in [1.54, 1.807) is 12.1 Å². The van der Waals surface area contributed by atoms with Crippen LogP contribution in [0.3, 0.4) is 0 Å². The van der Waals surface area contributed by atoms with E-state index in [-0.39, 0.29) is 0 Å². The Morgan fingerprint density at radius 1 is 1.05 bits per heavy atom. The van der Waals surface area contributed by atoms with Crippen molar-refractivity contribution in [3.8, 4) is 11.1 Å². The Bertz CT molecular complexity index is 584. The van der Waals surface area contributed by atoms with Crippen LogP contribution < -0.4 is 5.32 Å². The molecule has 0 unspecified atom stereocenters. The second-order valence-electron chi connectivity index (χ2n) is 4.22. The van der Waals surface area contributed by atoms with Gasteiger partial charge in [-0.1, -0.05) is 30.7 Å². The second-order valence-corrected chi connectivity index (χ2v) is 4.63. The molecule has 0 radical (unpaired) electrons. The summed E-state index contributed by atoms with van der Waals surface area (Å²) in [7, 11) is 0. The van der Waals surface area contributed by atoms with Gasteiger partial charge in [-0.2, -0.15) is 0 Å². The van der Waals surface area contributed by atoms with Crippen molar-refractivity contribution in [2.45, 2.75) is 13.5 Å². The Hall–Kier alpha value is -1.45. The minimum Gasteiger partial charge on any atom is -0.313 e. The minimum atomic E-state index is -0.610. The number of hydrogen-bond donors (Lipinski definition) is 1. The Balaban J connectivity index is 2.35. The Labute approximate surface area is 116 Å². The monoisotopic (exact) mass is 281 g/mol. The Morgan fingerprint density at radius 2 is 1.79 bits per heavy atom. The molecule has 4 heteroatoms.